The van der Waals surface area contributed by atoms with Crippen molar-refractivity contribution in [3.63, 3.8) is 0 Å². The summed E-state index contributed by atoms with van der Waals surface area (Å²) in [7, 11) is 0. The zero-order valence-corrected chi connectivity index (χ0v) is 10.1. The van der Waals surface area contributed by atoms with Gasteiger partial charge in [-0.15, -0.1) is 0 Å². The summed E-state index contributed by atoms with van der Waals surface area (Å²) in [5, 5.41) is 12.6. The minimum absolute atomic E-state index is 0.176. The van der Waals surface area contributed by atoms with Gasteiger partial charge in [0.1, 0.15) is 0 Å². The molecule has 0 aliphatic carbocycles. The van der Waals surface area contributed by atoms with Gasteiger partial charge in [-0.05, 0) is 6.92 Å². The molecule has 1 saturated heterocycles. The monoisotopic (exact) mass is 216 g/mol. The second-order valence-corrected chi connectivity index (χ2v) is 4.64. The number of nitrogens with zero attached hydrogens (tertiary/aromatic N) is 1. The predicted octanol–water partition coefficient (Wildman–Crippen LogP) is 0.0660. The fourth-order valence-electron chi connectivity index (χ4n) is 2.00. The number of aliphatic hydroxyl groups is 1. The molecule has 15 heavy (non-hydrogen) atoms. The minimum Gasteiger partial charge on any atom is -0.395 e. The van der Waals surface area contributed by atoms with Crippen LogP contribution in [0.25, 0.3) is 0 Å². The first-order chi connectivity index (χ1) is 7.11. The molecule has 0 aromatic heterocycles. The number of nitrogens with one attached hydrogen (secondary N) is 1. The molecule has 0 saturated carbocycles. The van der Waals surface area contributed by atoms with Gasteiger partial charge in [0.15, 0.2) is 0 Å². The van der Waals surface area contributed by atoms with Gasteiger partial charge in [0, 0.05) is 31.7 Å². The van der Waals surface area contributed by atoms with E-state index < -0.39 is 0 Å². The Balaban J connectivity index is 2.30. The predicted molar refractivity (Wildman–Crippen MR) is 61.0 cm³/mol. The highest BCUT2D eigenvalue weighted by molar-refractivity contribution is 4.76. The molecule has 4 nitrogen and oxygen atoms in total. The largest absolute Gasteiger partial charge is 0.395 e. The Kier molecular flexibility index (Phi) is 5.53. The molecule has 0 bridgehead atoms. The van der Waals surface area contributed by atoms with E-state index in [4.69, 9.17) is 4.74 Å². The molecule has 1 heterocycles. The Bertz CT molecular complexity index is 174. The van der Waals surface area contributed by atoms with Gasteiger partial charge < -0.3 is 15.2 Å². The average Bonchev–Trinajstić information content (AvgIpc) is 2.16. The number of ether oxygens (including phenoxy) is 1. The van der Waals surface area contributed by atoms with E-state index in [0.29, 0.717) is 12.1 Å². The van der Waals surface area contributed by atoms with Crippen molar-refractivity contribution in [2.75, 3.05) is 32.8 Å². The van der Waals surface area contributed by atoms with E-state index in [1.807, 2.05) is 0 Å². The van der Waals surface area contributed by atoms with Crippen molar-refractivity contribution in [3.05, 3.63) is 0 Å². The summed E-state index contributed by atoms with van der Waals surface area (Å²) in [6.45, 7) is 10.1. The summed E-state index contributed by atoms with van der Waals surface area (Å²) >= 11 is 0. The molecule has 1 aliphatic rings. The van der Waals surface area contributed by atoms with E-state index >= 15 is 0 Å². The van der Waals surface area contributed by atoms with Crippen molar-refractivity contribution in [1.82, 2.24) is 10.2 Å². The smallest absolute Gasteiger partial charge is 0.0674 e. The van der Waals surface area contributed by atoms with Crippen LogP contribution in [0.4, 0.5) is 0 Å². The Morgan fingerprint density at radius 3 is 2.80 bits per heavy atom. The van der Waals surface area contributed by atoms with Crippen LogP contribution in [-0.4, -0.2) is 61.0 Å². The quantitative estimate of drug-likeness (QED) is 0.682. The van der Waals surface area contributed by atoms with E-state index in [9.17, 15) is 5.11 Å². The molecule has 0 aromatic rings. The summed E-state index contributed by atoms with van der Waals surface area (Å²) < 4.78 is 5.48. The van der Waals surface area contributed by atoms with Crippen molar-refractivity contribution < 1.29 is 9.84 Å². The minimum atomic E-state index is 0.176. The number of morpholine rings is 1. The van der Waals surface area contributed by atoms with Crippen molar-refractivity contribution in [2.24, 2.45) is 0 Å². The second kappa shape index (κ2) is 6.43. The third-order valence-electron chi connectivity index (χ3n) is 2.59. The number of hydrogen-bond donors (Lipinski definition) is 2. The van der Waals surface area contributed by atoms with E-state index in [-0.39, 0.29) is 12.6 Å². The van der Waals surface area contributed by atoms with Gasteiger partial charge in [0.2, 0.25) is 0 Å². The average molecular weight is 216 g/mol. The summed E-state index contributed by atoms with van der Waals surface area (Å²) in [5.74, 6) is 0. The van der Waals surface area contributed by atoms with Gasteiger partial charge in [0.25, 0.3) is 0 Å². The molecule has 4 heteroatoms. The highest BCUT2D eigenvalue weighted by Crippen LogP contribution is 2.05. The summed E-state index contributed by atoms with van der Waals surface area (Å²) in [6, 6.07) is 0.593. The molecule has 2 N–H and O–H groups in total. The third-order valence-corrected chi connectivity index (χ3v) is 2.59. The lowest BCUT2D eigenvalue weighted by molar-refractivity contribution is -0.0231. The Hall–Kier alpha value is -0.160. The molecule has 1 fully saturated rings. The molecule has 2 unspecified atom stereocenters. The van der Waals surface area contributed by atoms with Crippen molar-refractivity contribution in [1.29, 1.82) is 0 Å². The van der Waals surface area contributed by atoms with Crippen LogP contribution >= 0.6 is 0 Å². The van der Waals surface area contributed by atoms with E-state index in [2.05, 4.69) is 31.0 Å². The van der Waals surface area contributed by atoms with E-state index in [1.54, 1.807) is 0 Å². The maximum atomic E-state index is 9.25. The molecular formula is C11H24N2O2. The number of rotatable bonds is 5. The fraction of sp³-hybridized carbons (Fsp3) is 1.00. The molecule has 2 atom stereocenters. The van der Waals surface area contributed by atoms with Crippen LogP contribution in [0.2, 0.25) is 0 Å². The van der Waals surface area contributed by atoms with Gasteiger partial charge in [-0.3, -0.25) is 4.90 Å². The standard InChI is InChI=1S/C11H24N2O2/c1-9(2)12-11(8-14)7-13-4-5-15-10(3)6-13/h9-12,14H,4-8H2,1-3H3. The van der Waals surface area contributed by atoms with Crippen LogP contribution in [-0.2, 0) is 4.74 Å². The first-order valence-electron chi connectivity index (χ1n) is 5.82. The molecule has 90 valence electrons. The molecule has 0 amide bonds. The van der Waals surface area contributed by atoms with E-state index in [1.165, 1.54) is 0 Å². The van der Waals surface area contributed by atoms with Gasteiger partial charge in [-0.25, -0.2) is 0 Å². The SMILES string of the molecule is CC(C)NC(CO)CN1CCOC(C)C1. The van der Waals surface area contributed by atoms with Crippen LogP contribution in [0.3, 0.4) is 0 Å². The Labute approximate surface area is 92.6 Å². The van der Waals surface area contributed by atoms with Crippen LogP contribution in [0.15, 0.2) is 0 Å². The van der Waals surface area contributed by atoms with Crippen LogP contribution < -0.4 is 5.32 Å². The number of aliphatic hydroxyl groups excluding tert-OH is 1. The van der Waals surface area contributed by atoms with Crippen molar-refractivity contribution in [3.8, 4) is 0 Å². The molecule has 1 rings (SSSR count). The normalized spacial score (nSPS) is 25.8. The topological polar surface area (TPSA) is 44.7 Å². The summed E-state index contributed by atoms with van der Waals surface area (Å²) in [6.07, 6.45) is 0.317. The van der Waals surface area contributed by atoms with Gasteiger partial charge in [-0.2, -0.15) is 0 Å². The van der Waals surface area contributed by atoms with Crippen LogP contribution in [0, 0.1) is 0 Å². The zero-order chi connectivity index (χ0) is 11.3. The van der Waals surface area contributed by atoms with E-state index in [0.717, 1.165) is 26.2 Å². The molecular weight excluding hydrogens is 192 g/mol. The highest BCUT2D eigenvalue weighted by Gasteiger charge is 2.19. The van der Waals surface area contributed by atoms with Crippen molar-refractivity contribution in [2.45, 2.75) is 39.0 Å². The first kappa shape index (κ1) is 12.9. The first-order valence-corrected chi connectivity index (χ1v) is 5.82. The Morgan fingerprint density at radius 2 is 2.27 bits per heavy atom. The highest BCUT2D eigenvalue weighted by atomic mass is 16.5. The molecule has 1 aliphatic heterocycles. The van der Waals surface area contributed by atoms with Crippen LogP contribution in [0.5, 0.6) is 0 Å². The third kappa shape index (κ3) is 4.93. The van der Waals surface area contributed by atoms with Gasteiger partial charge in [-0.1, -0.05) is 13.8 Å². The zero-order valence-electron chi connectivity index (χ0n) is 10.1. The Morgan fingerprint density at radius 1 is 1.53 bits per heavy atom. The lowest BCUT2D eigenvalue weighted by Gasteiger charge is -2.34. The van der Waals surface area contributed by atoms with Crippen LogP contribution in [0.1, 0.15) is 20.8 Å². The lowest BCUT2D eigenvalue weighted by Crippen LogP contribution is -2.50. The molecule has 0 spiro atoms. The molecule has 0 radical (unpaired) electrons. The summed E-state index contributed by atoms with van der Waals surface area (Å²) in [5.41, 5.74) is 0. The van der Waals surface area contributed by atoms with Crippen molar-refractivity contribution >= 4 is 0 Å². The number of hydrogen-bond acceptors (Lipinski definition) is 4. The second-order valence-electron chi connectivity index (χ2n) is 4.64. The maximum absolute atomic E-state index is 9.25. The van der Waals surface area contributed by atoms with Gasteiger partial charge in [0.05, 0.1) is 19.3 Å². The summed E-state index contributed by atoms with van der Waals surface area (Å²) in [4.78, 5) is 2.35. The maximum Gasteiger partial charge on any atom is 0.0674 e. The van der Waals surface area contributed by atoms with Gasteiger partial charge >= 0.3 is 0 Å². The molecule has 0 aromatic carbocycles. The lowest BCUT2D eigenvalue weighted by atomic mass is 10.2. The fourth-order valence-corrected chi connectivity index (χ4v) is 2.00.